The predicted octanol–water partition coefficient (Wildman–Crippen LogP) is 2.37. The summed E-state index contributed by atoms with van der Waals surface area (Å²) in [7, 11) is 1.66. The van der Waals surface area contributed by atoms with E-state index >= 15 is 0 Å². The molecule has 0 saturated heterocycles. The normalized spacial score (nSPS) is 16.4. The summed E-state index contributed by atoms with van der Waals surface area (Å²) in [6.07, 6.45) is 5.77. The average molecular weight is 256 g/mol. The lowest BCUT2D eigenvalue weighted by molar-refractivity contribution is -0.420. The molecule has 0 unspecified atom stereocenters. The van der Waals surface area contributed by atoms with Crippen LogP contribution in [0.25, 0.3) is 0 Å². The summed E-state index contributed by atoms with van der Waals surface area (Å²) < 4.78 is 0. The lowest BCUT2D eigenvalue weighted by Gasteiger charge is -2.17. The largest absolute Gasteiger partial charge is 0.345 e. The molecule has 0 spiro atoms. The molecular formula is C14H12N2O3. The molecule has 0 atom stereocenters. The van der Waals surface area contributed by atoms with Crippen LogP contribution in [-0.2, 0) is 0 Å². The lowest BCUT2D eigenvalue weighted by Crippen LogP contribution is -2.16. The maximum Gasteiger partial charge on any atom is 0.285 e. The summed E-state index contributed by atoms with van der Waals surface area (Å²) in [6.45, 7) is 0. The number of hydrogen-bond acceptors (Lipinski definition) is 4. The van der Waals surface area contributed by atoms with Crippen molar-refractivity contribution in [1.29, 1.82) is 0 Å². The van der Waals surface area contributed by atoms with Gasteiger partial charge in [-0.2, -0.15) is 0 Å². The van der Waals surface area contributed by atoms with Crippen molar-refractivity contribution in [3.8, 4) is 0 Å². The van der Waals surface area contributed by atoms with Gasteiger partial charge in [0.2, 0.25) is 0 Å². The molecule has 1 aliphatic heterocycles. The number of ketones is 1. The standard InChI is InChI=1S/C14H12N2O3/c1-15-10-13(16(18)19)8-7-12(15)9-14(17)11-5-3-2-4-6-11/h2-10H,1H3/b12-9+. The highest BCUT2D eigenvalue weighted by atomic mass is 16.6. The smallest absolute Gasteiger partial charge is 0.285 e. The van der Waals surface area contributed by atoms with Gasteiger partial charge in [0, 0.05) is 30.5 Å². The van der Waals surface area contributed by atoms with Crippen molar-refractivity contribution >= 4 is 5.78 Å². The summed E-state index contributed by atoms with van der Waals surface area (Å²) in [4.78, 5) is 23.7. The molecule has 5 heteroatoms. The molecule has 1 heterocycles. The lowest BCUT2D eigenvalue weighted by atomic mass is 10.1. The number of rotatable bonds is 3. The van der Waals surface area contributed by atoms with Crippen LogP contribution in [0.5, 0.6) is 0 Å². The van der Waals surface area contributed by atoms with E-state index in [1.54, 1.807) is 42.3 Å². The van der Waals surface area contributed by atoms with E-state index < -0.39 is 4.92 Å². The maximum atomic E-state index is 12.0. The minimum absolute atomic E-state index is 0.00758. The van der Waals surface area contributed by atoms with Gasteiger partial charge in [-0.05, 0) is 6.08 Å². The van der Waals surface area contributed by atoms with E-state index in [1.807, 2.05) is 6.07 Å². The molecule has 0 aliphatic carbocycles. The highest BCUT2D eigenvalue weighted by molar-refractivity contribution is 6.05. The van der Waals surface area contributed by atoms with Crippen LogP contribution in [0, 0.1) is 10.1 Å². The number of allylic oxidation sites excluding steroid dienone is 3. The minimum Gasteiger partial charge on any atom is -0.345 e. The Bertz CT molecular complexity index is 600. The van der Waals surface area contributed by atoms with E-state index in [9.17, 15) is 14.9 Å². The Morgan fingerprint density at radius 3 is 2.53 bits per heavy atom. The number of carbonyl (C=O) groups excluding carboxylic acids is 1. The maximum absolute atomic E-state index is 12.0. The first kappa shape index (κ1) is 12.8. The fourth-order valence-electron chi connectivity index (χ4n) is 1.68. The number of likely N-dealkylation sites (N-methyl/N-ethyl adjacent to an activating group) is 1. The molecule has 5 nitrogen and oxygen atoms in total. The van der Waals surface area contributed by atoms with Gasteiger partial charge < -0.3 is 4.90 Å². The van der Waals surface area contributed by atoms with E-state index in [0.29, 0.717) is 11.3 Å². The van der Waals surface area contributed by atoms with Crippen LogP contribution in [0.3, 0.4) is 0 Å². The Hall–Kier alpha value is -2.69. The van der Waals surface area contributed by atoms with Gasteiger partial charge in [0.15, 0.2) is 5.78 Å². The van der Waals surface area contributed by atoms with Crippen LogP contribution in [0.15, 0.2) is 66.2 Å². The fraction of sp³-hybridized carbons (Fsp3) is 0.0714. The molecule has 0 amide bonds. The number of carbonyl (C=O) groups is 1. The Kier molecular flexibility index (Phi) is 3.56. The van der Waals surface area contributed by atoms with Crippen LogP contribution < -0.4 is 0 Å². The molecule has 0 radical (unpaired) electrons. The van der Waals surface area contributed by atoms with E-state index in [0.717, 1.165) is 0 Å². The van der Waals surface area contributed by atoms with Gasteiger partial charge in [0.25, 0.3) is 5.70 Å². The minimum atomic E-state index is -0.469. The Morgan fingerprint density at radius 2 is 1.95 bits per heavy atom. The average Bonchev–Trinajstić information content (AvgIpc) is 2.41. The van der Waals surface area contributed by atoms with Crippen molar-refractivity contribution in [3.05, 3.63) is 81.8 Å². The second-order valence-electron chi connectivity index (χ2n) is 4.05. The van der Waals surface area contributed by atoms with E-state index in [2.05, 4.69) is 0 Å². The fourth-order valence-corrected chi connectivity index (χ4v) is 1.68. The first-order valence-electron chi connectivity index (χ1n) is 5.66. The first-order chi connectivity index (χ1) is 9.08. The summed E-state index contributed by atoms with van der Waals surface area (Å²) in [5.74, 6) is -0.134. The third-order valence-corrected chi connectivity index (χ3v) is 2.71. The first-order valence-corrected chi connectivity index (χ1v) is 5.66. The van der Waals surface area contributed by atoms with Crippen LogP contribution in [0.1, 0.15) is 10.4 Å². The molecule has 0 bridgehead atoms. The summed E-state index contributed by atoms with van der Waals surface area (Å²) >= 11 is 0. The van der Waals surface area contributed by atoms with E-state index in [-0.39, 0.29) is 11.5 Å². The highest BCUT2D eigenvalue weighted by Gasteiger charge is 2.15. The molecule has 0 fully saturated rings. The van der Waals surface area contributed by atoms with E-state index in [1.165, 1.54) is 18.4 Å². The van der Waals surface area contributed by atoms with Gasteiger partial charge >= 0.3 is 0 Å². The molecule has 19 heavy (non-hydrogen) atoms. The van der Waals surface area contributed by atoms with Gasteiger partial charge in [0.05, 0.1) is 11.1 Å². The summed E-state index contributed by atoms with van der Waals surface area (Å²) in [6, 6.07) is 8.87. The zero-order valence-electron chi connectivity index (χ0n) is 10.3. The SMILES string of the molecule is CN1C=C([N+](=O)[O-])C=C/C1=C\C(=O)c1ccccc1. The highest BCUT2D eigenvalue weighted by Crippen LogP contribution is 2.16. The van der Waals surface area contributed by atoms with Crippen molar-refractivity contribution in [2.45, 2.75) is 0 Å². The summed E-state index contributed by atoms with van der Waals surface area (Å²) in [5, 5.41) is 10.6. The Balaban J connectivity index is 2.21. The molecular weight excluding hydrogens is 244 g/mol. The van der Waals surface area contributed by atoms with Crippen molar-refractivity contribution in [2.24, 2.45) is 0 Å². The molecule has 2 rings (SSSR count). The molecule has 0 saturated carbocycles. The molecule has 1 aromatic rings. The topological polar surface area (TPSA) is 63.4 Å². The van der Waals surface area contributed by atoms with Crippen LogP contribution >= 0.6 is 0 Å². The molecule has 96 valence electrons. The Labute approximate surface area is 110 Å². The van der Waals surface area contributed by atoms with Gasteiger partial charge in [0.1, 0.15) is 0 Å². The second kappa shape index (κ2) is 5.30. The Morgan fingerprint density at radius 1 is 1.26 bits per heavy atom. The number of nitrogens with zero attached hydrogens (tertiary/aromatic N) is 2. The zero-order valence-corrected chi connectivity index (χ0v) is 10.3. The third kappa shape index (κ3) is 2.95. The summed E-state index contributed by atoms with van der Waals surface area (Å²) in [5.41, 5.74) is 1.19. The van der Waals surface area contributed by atoms with Gasteiger partial charge in [-0.15, -0.1) is 0 Å². The number of benzene rings is 1. The zero-order chi connectivity index (χ0) is 13.8. The second-order valence-corrected chi connectivity index (χ2v) is 4.05. The van der Waals surface area contributed by atoms with Crippen molar-refractivity contribution in [2.75, 3.05) is 7.05 Å². The quantitative estimate of drug-likeness (QED) is 0.360. The molecule has 1 aromatic carbocycles. The van der Waals surface area contributed by atoms with Crippen molar-refractivity contribution < 1.29 is 9.72 Å². The van der Waals surface area contributed by atoms with Crippen molar-refractivity contribution in [1.82, 2.24) is 4.90 Å². The number of nitro groups is 1. The van der Waals surface area contributed by atoms with E-state index in [4.69, 9.17) is 0 Å². The van der Waals surface area contributed by atoms with Crippen LogP contribution in [0.2, 0.25) is 0 Å². The van der Waals surface area contributed by atoms with Crippen molar-refractivity contribution in [3.63, 3.8) is 0 Å². The van der Waals surface area contributed by atoms with Gasteiger partial charge in [-0.1, -0.05) is 30.3 Å². The molecule has 0 aromatic heterocycles. The van der Waals surface area contributed by atoms with Gasteiger partial charge in [-0.3, -0.25) is 14.9 Å². The predicted molar refractivity (Wildman–Crippen MR) is 70.8 cm³/mol. The molecule has 0 N–H and O–H groups in total. The van der Waals surface area contributed by atoms with Crippen LogP contribution in [0.4, 0.5) is 0 Å². The number of hydrogen-bond donors (Lipinski definition) is 0. The third-order valence-electron chi connectivity index (χ3n) is 2.71. The molecule has 1 aliphatic rings. The monoisotopic (exact) mass is 256 g/mol. The van der Waals surface area contributed by atoms with Gasteiger partial charge in [-0.25, -0.2) is 0 Å². The van der Waals surface area contributed by atoms with Crippen LogP contribution in [-0.4, -0.2) is 22.7 Å².